The largest absolute Gasteiger partial charge is 0.344 e. The molecule has 178 valence electrons. The first-order chi connectivity index (χ1) is 16.3. The Hall–Kier alpha value is -2.73. The zero-order valence-corrected chi connectivity index (χ0v) is 21.2. The summed E-state index contributed by atoms with van der Waals surface area (Å²) in [4.78, 5) is 21.0. The number of aromatic nitrogens is 2. The van der Waals surface area contributed by atoms with E-state index in [9.17, 15) is 9.18 Å². The lowest BCUT2D eigenvalue weighted by molar-refractivity contribution is 0.0832. The number of nitrogens with zero attached hydrogens (tertiary/aromatic N) is 3. The molecule has 1 saturated carbocycles. The molecular weight excluding hydrogens is 445 g/mol. The summed E-state index contributed by atoms with van der Waals surface area (Å²) in [5.41, 5.74) is 4.55. The first kappa shape index (κ1) is 23.0. The Labute approximate surface area is 205 Å². The van der Waals surface area contributed by atoms with Crippen LogP contribution in [0.5, 0.6) is 0 Å². The Morgan fingerprint density at radius 1 is 1.26 bits per heavy atom. The van der Waals surface area contributed by atoms with Gasteiger partial charge in [0.1, 0.15) is 5.82 Å². The normalized spacial score (nSPS) is 22.5. The zero-order valence-electron chi connectivity index (χ0n) is 20.3. The number of hydrogen-bond donors (Lipinski definition) is 0. The first-order valence-corrected chi connectivity index (χ1v) is 13.0. The van der Waals surface area contributed by atoms with Gasteiger partial charge in [0.2, 0.25) is 0 Å². The summed E-state index contributed by atoms with van der Waals surface area (Å²) in [6.45, 7) is 5.60. The third kappa shape index (κ3) is 3.82. The molecule has 0 spiro atoms. The summed E-state index contributed by atoms with van der Waals surface area (Å²) < 4.78 is 15.7. The highest BCUT2D eigenvalue weighted by molar-refractivity contribution is 7.14. The van der Waals surface area contributed by atoms with Crippen molar-refractivity contribution in [2.45, 2.75) is 52.0 Å². The minimum atomic E-state index is -0.229. The van der Waals surface area contributed by atoms with Crippen LogP contribution in [0.2, 0.25) is 0 Å². The highest BCUT2D eigenvalue weighted by Crippen LogP contribution is 2.55. The van der Waals surface area contributed by atoms with E-state index in [2.05, 4.69) is 30.6 Å². The van der Waals surface area contributed by atoms with Gasteiger partial charge < -0.3 is 9.47 Å². The standard InChI is InChI=1S/C28H32FN3OS/c1-5-21(24-13-14-25(34-24)27(33)31(3)4)22-8-6-7-19-15-23-26(18-9-11-20(29)12-10-18)30-17-32(23)16-28(19,22)2/h9-15,17,21-22H,5-8,16H2,1-4H3/t21?,22-,28+/m1/s1. The maximum atomic E-state index is 13.5. The van der Waals surface area contributed by atoms with E-state index in [0.717, 1.165) is 41.2 Å². The molecule has 1 fully saturated rings. The highest BCUT2D eigenvalue weighted by atomic mass is 32.1. The molecule has 3 aromatic rings. The predicted octanol–water partition coefficient (Wildman–Crippen LogP) is 6.85. The number of carbonyl (C=O) groups is 1. The lowest BCUT2D eigenvalue weighted by atomic mass is 9.58. The molecule has 2 aromatic heterocycles. The summed E-state index contributed by atoms with van der Waals surface area (Å²) in [6.07, 6.45) is 8.82. The molecule has 3 atom stereocenters. The lowest BCUT2D eigenvalue weighted by Crippen LogP contribution is -2.41. The molecule has 4 nitrogen and oxygen atoms in total. The third-order valence-electron chi connectivity index (χ3n) is 7.85. The van der Waals surface area contributed by atoms with Crippen LogP contribution in [0.1, 0.15) is 65.7 Å². The molecule has 5 rings (SSSR count). The Balaban J connectivity index is 1.49. The van der Waals surface area contributed by atoms with E-state index < -0.39 is 0 Å². The quantitative estimate of drug-likeness (QED) is 0.403. The van der Waals surface area contributed by atoms with Crippen molar-refractivity contribution in [3.63, 3.8) is 0 Å². The summed E-state index contributed by atoms with van der Waals surface area (Å²) in [7, 11) is 3.62. The van der Waals surface area contributed by atoms with E-state index in [4.69, 9.17) is 4.98 Å². The molecule has 1 aliphatic carbocycles. The minimum absolute atomic E-state index is 0.0441. The zero-order chi connectivity index (χ0) is 24.0. The molecule has 1 amide bonds. The molecule has 1 aromatic carbocycles. The summed E-state index contributed by atoms with van der Waals surface area (Å²) >= 11 is 1.66. The minimum Gasteiger partial charge on any atom is -0.344 e. The van der Waals surface area contributed by atoms with E-state index in [-0.39, 0.29) is 17.1 Å². The number of hydrogen-bond acceptors (Lipinski definition) is 3. The molecule has 0 saturated heterocycles. The van der Waals surface area contributed by atoms with Gasteiger partial charge in [-0.3, -0.25) is 4.79 Å². The second kappa shape index (κ2) is 8.81. The number of amides is 1. The van der Waals surface area contributed by atoms with Gasteiger partial charge in [0.05, 0.1) is 22.6 Å². The van der Waals surface area contributed by atoms with Crippen LogP contribution in [0.15, 0.2) is 48.3 Å². The number of carbonyl (C=O) groups excluding carboxylic acids is 1. The van der Waals surface area contributed by atoms with Crippen LogP contribution in [0, 0.1) is 17.2 Å². The molecule has 34 heavy (non-hydrogen) atoms. The van der Waals surface area contributed by atoms with Gasteiger partial charge in [0.15, 0.2) is 0 Å². The van der Waals surface area contributed by atoms with Crippen LogP contribution < -0.4 is 0 Å². The Kier molecular flexibility index (Phi) is 5.96. The van der Waals surface area contributed by atoms with E-state index in [0.29, 0.717) is 11.8 Å². The molecule has 3 heterocycles. The van der Waals surface area contributed by atoms with E-state index >= 15 is 0 Å². The van der Waals surface area contributed by atoms with E-state index in [1.807, 2.05) is 38.6 Å². The topological polar surface area (TPSA) is 38.1 Å². The molecular formula is C28H32FN3OS. The fourth-order valence-corrected chi connectivity index (χ4v) is 7.32. The molecule has 0 radical (unpaired) electrons. The smallest absolute Gasteiger partial charge is 0.263 e. The lowest BCUT2D eigenvalue weighted by Gasteiger charge is -2.49. The van der Waals surface area contributed by atoms with Crippen LogP contribution in [0.25, 0.3) is 17.3 Å². The molecule has 0 N–H and O–H groups in total. The second-order valence-electron chi connectivity index (χ2n) is 10.1. The van der Waals surface area contributed by atoms with Gasteiger partial charge in [-0.1, -0.05) is 19.4 Å². The van der Waals surface area contributed by atoms with Gasteiger partial charge in [0, 0.05) is 36.5 Å². The molecule has 0 bridgehead atoms. The summed E-state index contributed by atoms with van der Waals surface area (Å²) in [5.74, 6) is 0.774. The fraction of sp³-hybridized carbons (Fsp3) is 0.429. The van der Waals surface area contributed by atoms with Crippen LogP contribution in [-0.2, 0) is 6.54 Å². The number of rotatable bonds is 5. The monoisotopic (exact) mass is 477 g/mol. The van der Waals surface area contributed by atoms with Crippen molar-refractivity contribution in [2.75, 3.05) is 14.1 Å². The number of thiophene rings is 1. The van der Waals surface area contributed by atoms with Gasteiger partial charge in [-0.2, -0.15) is 0 Å². The van der Waals surface area contributed by atoms with Crippen LogP contribution in [0.3, 0.4) is 0 Å². The number of halogens is 1. The average molecular weight is 478 g/mol. The maximum Gasteiger partial charge on any atom is 0.263 e. The summed E-state index contributed by atoms with van der Waals surface area (Å²) in [6, 6.07) is 10.8. The average Bonchev–Trinajstić information content (AvgIpc) is 3.45. The van der Waals surface area contributed by atoms with Crippen molar-refractivity contribution >= 4 is 23.3 Å². The summed E-state index contributed by atoms with van der Waals surface area (Å²) in [5, 5.41) is 0. The third-order valence-corrected chi connectivity index (χ3v) is 9.06. The van der Waals surface area contributed by atoms with Crippen molar-refractivity contribution in [3.8, 4) is 11.3 Å². The number of benzene rings is 1. The molecule has 2 aliphatic rings. The van der Waals surface area contributed by atoms with E-state index in [1.54, 1.807) is 16.2 Å². The van der Waals surface area contributed by atoms with Crippen molar-refractivity contribution in [3.05, 3.63) is 69.6 Å². The van der Waals surface area contributed by atoms with Crippen molar-refractivity contribution in [1.82, 2.24) is 14.5 Å². The Morgan fingerprint density at radius 3 is 2.74 bits per heavy atom. The van der Waals surface area contributed by atoms with Gasteiger partial charge in [0.25, 0.3) is 5.91 Å². The fourth-order valence-electron chi connectivity index (χ4n) is 6.05. The van der Waals surface area contributed by atoms with Gasteiger partial charge in [-0.15, -0.1) is 11.3 Å². The molecule has 6 heteroatoms. The van der Waals surface area contributed by atoms with Crippen LogP contribution in [-0.4, -0.2) is 34.5 Å². The predicted molar refractivity (Wildman–Crippen MR) is 136 cm³/mol. The van der Waals surface area contributed by atoms with Gasteiger partial charge in [-0.25, -0.2) is 9.37 Å². The number of allylic oxidation sites excluding steroid dienone is 1. The van der Waals surface area contributed by atoms with Gasteiger partial charge in [-0.05, 0) is 80.0 Å². The van der Waals surface area contributed by atoms with E-state index in [1.165, 1.54) is 35.4 Å². The van der Waals surface area contributed by atoms with Crippen molar-refractivity contribution in [1.29, 1.82) is 0 Å². The number of fused-ring (bicyclic) bond motifs is 2. The first-order valence-electron chi connectivity index (χ1n) is 12.2. The van der Waals surface area contributed by atoms with Crippen molar-refractivity contribution < 1.29 is 9.18 Å². The maximum absolute atomic E-state index is 13.5. The molecule has 1 unspecified atom stereocenters. The van der Waals surface area contributed by atoms with Crippen LogP contribution in [0.4, 0.5) is 4.39 Å². The molecule has 1 aliphatic heterocycles. The Bertz CT molecular complexity index is 1240. The van der Waals surface area contributed by atoms with Gasteiger partial charge >= 0.3 is 0 Å². The second-order valence-corrected chi connectivity index (χ2v) is 11.2. The number of imidazole rings is 1. The highest BCUT2D eigenvalue weighted by Gasteiger charge is 2.46. The SMILES string of the molecule is CCC(c1ccc(C(=O)N(C)C)s1)[C@H]1CCCC2=Cc3c(-c4ccc(F)cc4)ncn3C[C@@]21C. The van der Waals surface area contributed by atoms with Crippen molar-refractivity contribution in [2.24, 2.45) is 11.3 Å². The Morgan fingerprint density at radius 2 is 2.03 bits per heavy atom. The van der Waals surface area contributed by atoms with Crippen LogP contribution >= 0.6 is 11.3 Å².